The summed E-state index contributed by atoms with van der Waals surface area (Å²) in [6, 6.07) is -0.703. The summed E-state index contributed by atoms with van der Waals surface area (Å²) in [5, 5.41) is 0. The molecule has 1 heterocycles. The van der Waals surface area contributed by atoms with E-state index in [2.05, 4.69) is 0 Å². The van der Waals surface area contributed by atoms with E-state index in [0.717, 1.165) is 0 Å². The summed E-state index contributed by atoms with van der Waals surface area (Å²) in [7, 11) is 3.06. The lowest BCUT2D eigenvalue weighted by atomic mass is 9.98. The van der Waals surface area contributed by atoms with Crippen LogP contribution in [0, 0.1) is 5.92 Å². The summed E-state index contributed by atoms with van der Waals surface area (Å²) in [5.74, 6) is -1.00. The van der Waals surface area contributed by atoms with E-state index in [1.165, 1.54) is 30.0 Å². The van der Waals surface area contributed by atoms with Gasteiger partial charge in [-0.05, 0) is 25.0 Å². The summed E-state index contributed by atoms with van der Waals surface area (Å²) in [6.45, 7) is 3.36. The zero-order chi connectivity index (χ0) is 18.1. The van der Waals surface area contributed by atoms with Crippen molar-refractivity contribution >= 4 is 69.8 Å². The third-order valence-corrected chi connectivity index (χ3v) is 5.48. The molecule has 2 atom stereocenters. The van der Waals surface area contributed by atoms with E-state index in [1.54, 1.807) is 13.8 Å². The first kappa shape index (κ1) is 20.9. The van der Waals surface area contributed by atoms with E-state index in [9.17, 15) is 9.59 Å². The molecule has 1 saturated heterocycles. The Morgan fingerprint density at radius 2 is 1.78 bits per heavy atom. The smallest absolute Gasteiger partial charge is 0.270 e. The molecule has 1 aliphatic rings. The van der Waals surface area contributed by atoms with Crippen molar-refractivity contribution < 1.29 is 9.59 Å². The van der Waals surface area contributed by atoms with Crippen LogP contribution in [0.25, 0.3) is 0 Å². The molecule has 130 valence electrons. The Hall–Kier alpha value is -0.130. The van der Waals surface area contributed by atoms with E-state index >= 15 is 0 Å². The normalized spacial score (nSPS) is 22.7. The quantitative estimate of drug-likeness (QED) is 0.503. The number of hydrogen-bond acceptors (Lipinski definition) is 2. The molecule has 0 aromatic carbocycles. The Kier molecular flexibility index (Phi) is 7.12. The SMILES string of the molecule is CC(/C=C1/C(=O)N(C)C(CC(C)C(Cl)(Cl)Cl)C(=O)N1C)=C(Cl)Cl. The topological polar surface area (TPSA) is 40.6 Å². The second-order valence-corrected chi connectivity index (χ2v) is 8.80. The average molecular weight is 423 g/mol. The number of piperazine rings is 1. The average Bonchev–Trinajstić information content (AvgIpc) is 2.44. The van der Waals surface area contributed by atoms with E-state index < -0.39 is 15.8 Å². The molecule has 0 saturated carbocycles. The molecule has 2 unspecified atom stereocenters. The van der Waals surface area contributed by atoms with Gasteiger partial charge in [-0.15, -0.1) is 0 Å². The molecule has 0 N–H and O–H groups in total. The monoisotopic (exact) mass is 420 g/mol. The fourth-order valence-electron chi connectivity index (χ4n) is 2.12. The van der Waals surface area contributed by atoms with Gasteiger partial charge in [-0.1, -0.05) is 64.9 Å². The van der Waals surface area contributed by atoms with E-state index in [-0.39, 0.29) is 28.4 Å². The van der Waals surface area contributed by atoms with Crippen LogP contribution in [0.15, 0.2) is 21.8 Å². The number of halogens is 5. The molecule has 1 aliphatic heterocycles. The van der Waals surface area contributed by atoms with E-state index in [1.807, 2.05) is 0 Å². The van der Waals surface area contributed by atoms with Crippen LogP contribution in [0.2, 0.25) is 0 Å². The summed E-state index contributed by atoms with van der Waals surface area (Å²) in [5.41, 5.74) is 0.671. The zero-order valence-corrected chi connectivity index (χ0v) is 16.8. The van der Waals surface area contributed by atoms with Gasteiger partial charge in [0.15, 0.2) is 3.79 Å². The van der Waals surface area contributed by atoms with Crippen LogP contribution in [0.3, 0.4) is 0 Å². The lowest BCUT2D eigenvalue weighted by Gasteiger charge is -2.39. The van der Waals surface area contributed by atoms with Crippen molar-refractivity contribution in [2.45, 2.75) is 30.1 Å². The maximum atomic E-state index is 12.6. The summed E-state index contributed by atoms with van der Waals surface area (Å²) in [4.78, 5) is 27.7. The molecule has 9 heteroatoms. The van der Waals surface area contributed by atoms with Crippen molar-refractivity contribution in [2.75, 3.05) is 14.1 Å². The van der Waals surface area contributed by atoms with Crippen molar-refractivity contribution in [3.63, 3.8) is 0 Å². The van der Waals surface area contributed by atoms with Gasteiger partial charge < -0.3 is 9.80 Å². The van der Waals surface area contributed by atoms with Crippen molar-refractivity contribution in [1.29, 1.82) is 0 Å². The highest BCUT2D eigenvalue weighted by molar-refractivity contribution is 6.67. The fraction of sp³-hybridized carbons (Fsp3) is 0.571. The van der Waals surface area contributed by atoms with Crippen LogP contribution < -0.4 is 0 Å². The van der Waals surface area contributed by atoms with Crippen molar-refractivity contribution in [3.8, 4) is 0 Å². The molecule has 0 radical (unpaired) electrons. The van der Waals surface area contributed by atoms with Gasteiger partial charge in [0, 0.05) is 20.0 Å². The van der Waals surface area contributed by atoms with Crippen molar-refractivity contribution in [3.05, 3.63) is 21.8 Å². The predicted octanol–water partition coefficient (Wildman–Crippen LogP) is 4.27. The second kappa shape index (κ2) is 7.83. The summed E-state index contributed by atoms with van der Waals surface area (Å²) >= 11 is 29.0. The van der Waals surface area contributed by atoms with Gasteiger partial charge in [-0.2, -0.15) is 0 Å². The molecule has 2 amide bonds. The third-order valence-electron chi connectivity index (χ3n) is 3.77. The standard InChI is InChI=1S/C14H17Cl5N2O2/c1-7(11(15)16)5-9-12(22)21(4)10(13(23)20(9)3)6-8(2)14(17,18)19/h5,8,10H,6H2,1-4H3/b9-5-. The Morgan fingerprint density at radius 3 is 2.22 bits per heavy atom. The first-order valence-electron chi connectivity index (χ1n) is 6.73. The Bertz CT molecular complexity index is 564. The molecule has 0 bridgehead atoms. The first-order chi connectivity index (χ1) is 10.4. The van der Waals surface area contributed by atoms with Crippen LogP contribution in [-0.4, -0.2) is 45.5 Å². The number of alkyl halides is 3. The zero-order valence-electron chi connectivity index (χ0n) is 13.0. The lowest BCUT2D eigenvalue weighted by molar-refractivity contribution is -0.149. The second-order valence-electron chi connectivity index (χ2n) is 5.48. The molecule has 4 nitrogen and oxygen atoms in total. The molecule has 1 fully saturated rings. The minimum absolute atomic E-state index is 0.0285. The lowest BCUT2D eigenvalue weighted by Crippen LogP contribution is -2.56. The molecule has 23 heavy (non-hydrogen) atoms. The summed E-state index contributed by atoms with van der Waals surface area (Å²) in [6.07, 6.45) is 1.71. The minimum atomic E-state index is -1.51. The van der Waals surface area contributed by atoms with Crippen LogP contribution in [0.1, 0.15) is 20.3 Å². The van der Waals surface area contributed by atoms with Crippen LogP contribution in [-0.2, 0) is 9.59 Å². The summed E-state index contributed by atoms with van der Waals surface area (Å²) < 4.78 is -1.48. The largest absolute Gasteiger partial charge is 0.328 e. The third kappa shape index (κ3) is 4.93. The van der Waals surface area contributed by atoms with E-state index in [4.69, 9.17) is 58.0 Å². The number of nitrogens with zero attached hydrogens (tertiary/aromatic N) is 2. The Labute approximate surface area is 160 Å². The molecule has 0 aliphatic carbocycles. The van der Waals surface area contributed by atoms with Gasteiger partial charge in [0.05, 0.1) is 0 Å². The molecule has 0 aromatic heterocycles. The maximum absolute atomic E-state index is 12.6. The molecule has 0 aromatic rings. The first-order valence-corrected chi connectivity index (χ1v) is 8.61. The van der Waals surface area contributed by atoms with Crippen LogP contribution in [0.5, 0.6) is 0 Å². The number of allylic oxidation sites excluding steroid dienone is 2. The number of carbonyl (C=O) groups is 2. The molecular formula is C14H17Cl5N2O2. The molecule has 1 rings (SSSR count). The number of likely N-dealkylation sites (N-methyl/N-ethyl adjacent to an activating group) is 2. The van der Waals surface area contributed by atoms with Crippen LogP contribution in [0.4, 0.5) is 0 Å². The van der Waals surface area contributed by atoms with Crippen molar-refractivity contribution in [1.82, 2.24) is 9.80 Å². The van der Waals surface area contributed by atoms with Gasteiger partial charge in [-0.3, -0.25) is 9.59 Å². The number of carbonyl (C=O) groups excluding carboxylic acids is 2. The predicted molar refractivity (Wildman–Crippen MR) is 95.9 cm³/mol. The highest BCUT2D eigenvalue weighted by Crippen LogP contribution is 2.38. The van der Waals surface area contributed by atoms with Gasteiger partial charge in [0.25, 0.3) is 5.91 Å². The van der Waals surface area contributed by atoms with Gasteiger partial charge in [-0.25, -0.2) is 0 Å². The van der Waals surface area contributed by atoms with Gasteiger partial charge >= 0.3 is 0 Å². The minimum Gasteiger partial charge on any atom is -0.328 e. The van der Waals surface area contributed by atoms with Gasteiger partial charge in [0.1, 0.15) is 16.2 Å². The highest BCUT2D eigenvalue weighted by Gasteiger charge is 2.42. The highest BCUT2D eigenvalue weighted by atomic mass is 35.6. The Morgan fingerprint density at radius 1 is 1.26 bits per heavy atom. The number of rotatable bonds is 3. The Balaban J connectivity index is 3.12. The number of hydrogen-bond donors (Lipinski definition) is 0. The maximum Gasteiger partial charge on any atom is 0.270 e. The molecular weight excluding hydrogens is 405 g/mol. The van der Waals surface area contributed by atoms with Crippen LogP contribution >= 0.6 is 58.0 Å². The van der Waals surface area contributed by atoms with E-state index in [0.29, 0.717) is 5.57 Å². The van der Waals surface area contributed by atoms with Gasteiger partial charge in [0.2, 0.25) is 5.91 Å². The molecule has 0 spiro atoms. The number of amides is 2. The fourth-order valence-corrected chi connectivity index (χ4v) is 2.50. The van der Waals surface area contributed by atoms with Crippen molar-refractivity contribution in [2.24, 2.45) is 5.92 Å².